The van der Waals surface area contributed by atoms with Crippen LogP contribution in [-0.4, -0.2) is 45.4 Å². The van der Waals surface area contributed by atoms with Crippen LogP contribution in [0.1, 0.15) is 22.5 Å². The predicted molar refractivity (Wildman–Crippen MR) is 93.0 cm³/mol. The standard InChI is InChI=1S/C15H17N3O6S2/c1-10-8-14(17-24-10)16-15(19)11-2-4-13(5-3-11)26(22,23)18-12-6-7-25(20,21)9-12/h2-5,8,12,18H,6-7,9H2,1H3,(H,16,17,19). The van der Waals surface area contributed by atoms with Gasteiger partial charge in [-0.3, -0.25) is 4.79 Å². The molecule has 1 aliphatic rings. The first-order chi connectivity index (χ1) is 12.1. The summed E-state index contributed by atoms with van der Waals surface area (Å²) in [6.07, 6.45) is 0.249. The van der Waals surface area contributed by atoms with Crippen LogP contribution in [0.5, 0.6) is 0 Å². The van der Waals surface area contributed by atoms with Crippen molar-refractivity contribution in [3.05, 3.63) is 41.7 Å². The van der Waals surface area contributed by atoms with E-state index in [0.29, 0.717) is 5.76 Å². The Hall–Kier alpha value is -2.24. The number of nitrogens with one attached hydrogen (secondary N) is 2. The highest BCUT2D eigenvalue weighted by Gasteiger charge is 2.31. The Kier molecular flexibility index (Phi) is 4.86. The van der Waals surface area contributed by atoms with Gasteiger partial charge in [0.2, 0.25) is 10.0 Å². The third kappa shape index (κ3) is 4.29. The first-order valence-electron chi connectivity index (χ1n) is 7.72. The van der Waals surface area contributed by atoms with E-state index in [0.717, 1.165) is 0 Å². The molecule has 0 radical (unpaired) electrons. The molecule has 140 valence electrons. The number of carbonyl (C=O) groups is 1. The maximum Gasteiger partial charge on any atom is 0.256 e. The summed E-state index contributed by atoms with van der Waals surface area (Å²) >= 11 is 0. The monoisotopic (exact) mass is 399 g/mol. The highest BCUT2D eigenvalue weighted by molar-refractivity contribution is 7.92. The molecular formula is C15H17N3O6S2. The number of hydrogen-bond acceptors (Lipinski definition) is 7. The van der Waals surface area contributed by atoms with Crippen LogP contribution in [0.15, 0.2) is 39.8 Å². The predicted octanol–water partition coefficient (Wildman–Crippen LogP) is 0.701. The summed E-state index contributed by atoms with van der Waals surface area (Å²) in [4.78, 5) is 12.1. The summed E-state index contributed by atoms with van der Waals surface area (Å²) in [6.45, 7) is 1.69. The molecule has 2 heterocycles. The van der Waals surface area contributed by atoms with Crippen molar-refractivity contribution in [1.82, 2.24) is 9.88 Å². The molecule has 1 aromatic carbocycles. The van der Waals surface area contributed by atoms with Gasteiger partial charge in [-0.25, -0.2) is 21.6 Å². The summed E-state index contributed by atoms with van der Waals surface area (Å²) < 4.78 is 54.8. The Morgan fingerprint density at radius 1 is 1.27 bits per heavy atom. The minimum atomic E-state index is -3.87. The third-order valence-electron chi connectivity index (χ3n) is 3.85. The van der Waals surface area contributed by atoms with Gasteiger partial charge in [0.05, 0.1) is 16.4 Å². The number of carbonyl (C=O) groups excluding carboxylic acids is 1. The lowest BCUT2D eigenvalue weighted by molar-refractivity contribution is 0.102. The van der Waals surface area contributed by atoms with Crippen molar-refractivity contribution in [3.8, 4) is 0 Å². The van der Waals surface area contributed by atoms with E-state index < -0.39 is 31.8 Å². The summed E-state index contributed by atoms with van der Waals surface area (Å²) in [5, 5.41) is 6.17. The molecule has 3 rings (SSSR count). The van der Waals surface area contributed by atoms with Crippen molar-refractivity contribution in [2.45, 2.75) is 24.3 Å². The van der Waals surface area contributed by atoms with Crippen LogP contribution in [-0.2, 0) is 19.9 Å². The molecule has 2 N–H and O–H groups in total. The quantitative estimate of drug-likeness (QED) is 0.755. The van der Waals surface area contributed by atoms with E-state index in [4.69, 9.17) is 4.52 Å². The molecule has 0 aliphatic carbocycles. The Morgan fingerprint density at radius 3 is 2.50 bits per heavy atom. The zero-order valence-corrected chi connectivity index (χ0v) is 15.4. The van der Waals surface area contributed by atoms with Crippen molar-refractivity contribution in [2.75, 3.05) is 16.8 Å². The number of amides is 1. The number of sulfone groups is 1. The molecule has 9 nitrogen and oxygen atoms in total. The van der Waals surface area contributed by atoms with Gasteiger partial charge in [-0.2, -0.15) is 0 Å². The summed E-state index contributed by atoms with van der Waals surface area (Å²) in [6, 6.07) is 6.22. The fourth-order valence-corrected chi connectivity index (χ4v) is 5.62. The second-order valence-corrected chi connectivity index (χ2v) is 9.97. The van der Waals surface area contributed by atoms with Crippen molar-refractivity contribution >= 4 is 31.6 Å². The van der Waals surface area contributed by atoms with Gasteiger partial charge < -0.3 is 9.84 Å². The van der Waals surface area contributed by atoms with Gasteiger partial charge in [-0.15, -0.1) is 0 Å². The van der Waals surface area contributed by atoms with Crippen molar-refractivity contribution in [2.24, 2.45) is 0 Å². The molecule has 2 aromatic rings. The first kappa shape index (κ1) is 18.5. The number of hydrogen-bond donors (Lipinski definition) is 2. The molecule has 0 bridgehead atoms. The van der Waals surface area contributed by atoms with Gasteiger partial charge in [-0.05, 0) is 37.6 Å². The molecule has 1 amide bonds. The van der Waals surface area contributed by atoms with Gasteiger partial charge >= 0.3 is 0 Å². The van der Waals surface area contributed by atoms with Crippen LogP contribution in [0.25, 0.3) is 0 Å². The second-order valence-electron chi connectivity index (χ2n) is 6.02. The summed E-state index contributed by atoms with van der Waals surface area (Å²) in [5.74, 6) is 0.108. The van der Waals surface area contributed by atoms with Crippen LogP contribution < -0.4 is 10.0 Å². The fraction of sp³-hybridized carbons (Fsp3) is 0.333. The van der Waals surface area contributed by atoms with Gasteiger partial charge in [0.15, 0.2) is 15.7 Å². The molecular weight excluding hydrogens is 382 g/mol. The lowest BCUT2D eigenvalue weighted by Crippen LogP contribution is -2.35. The van der Waals surface area contributed by atoms with Crippen LogP contribution in [0.2, 0.25) is 0 Å². The zero-order valence-electron chi connectivity index (χ0n) is 13.8. The van der Waals surface area contributed by atoms with Gasteiger partial charge in [0.25, 0.3) is 5.91 Å². The van der Waals surface area contributed by atoms with E-state index >= 15 is 0 Å². The number of anilines is 1. The van der Waals surface area contributed by atoms with Crippen LogP contribution in [0.4, 0.5) is 5.82 Å². The highest BCUT2D eigenvalue weighted by Crippen LogP contribution is 2.17. The van der Waals surface area contributed by atoms with E-state index in [9.17, 15) is 21.6 Å². The molecule has 1 saturated heterocycles. The largest absolute Gasteiger partial charge is 0.360 e. The average molecular weight is 399 g/mol. The molecule has 0 spiro atoms. The zero-order chi connectivity index (χ0) is 18.9. The molecule has 11 heteroatoms. The Balaban J connectivity index is 1.69. The second kappa shape index (κ2) is 6.82. The van der Waals surface area contributed by atoms with Crippen LogP contribution in [0.3, 0.4) is 0 Å². The number of nitrogens with zero attached hydrogens (tertiary/aromatic N) is 1. The van der Waals surface area contributed by atoms with Crippen molar-refractivity contribution in [1.29, 1.82) is 0 Å². The number of aryl methyl sites for hydroxylation is 1. The average Bonchev–Trinajstić information content (AvgIpc) is 3.12. The van der Waals surface area contributed by atoms with Gasteiger partial charge in [0, 0.05) is 17.7 Å². The molecule has 1 atom stereocenters. The third-order valence-corrected chi connectivity index (χ3v) is 7.15. The SMILES string of the molecule is Cc1cc(NC(=O)c2ccc(S(=O)(=O)NC3CCS(=O)(=O)C3)cc2)no1. The minimum absolute atomic E-state index is 0.0270. The normalized spacial score (nSPS) is 19.3. The Morgan fingerprint density at radius 2 is 1.96 bits per heavy atom. The highest BCUT2D eigenvalue weighted by atomic mass is 32.2. The van der Waals surface area contributed by atoms with Crippen molar-refractivity contribution < 1.29 is 26.2 Å². The lowest BCUT2D eigenvalue weighted by Gasteiger charge is -2.12. The molecule has 1 fully saturated rings. The lowest BCUT2D eigenvalue weighted by atomic mass is 10.2. The molecule has 1 unspecified atom stereocenters. The number of aromatic nitrogens is 1. The maximum absolute atomic E-state index is 12.3. The molecule has 1 aliphatic heterocycles. The van der Waals surface area contributed by atoms with Gasteiger partial charge in [-0.1, -0.05) is 5.16 Å². The fourth-order valence-electron chi connectivity index (χ4n) is 2.57. The number of sulfonamides is 1. The topological polar surface area (TPSA) is 135 Å². The van der Waals surface area contributed by atoms with E-state index in [-0.39, 0.29) is 34.2 Å². The molecule has 26 heavy (non-hydrogen) atoms. The molecule has 1 aromatic heterocycles. The van der Waals surface area contributed by atoms with E-state index in [1.165, 1.54) is 24.3 Å². The first-order valence-corrected chi connectivity index (χ1v) is 11.0. The van der Waals surface area contributed by atoms with Crippen molar-refractivity contribution in [3.63, 3.8) is 0 Å². The maximum atomic E-state index is 12.3. The van der Waals surface area contributed by atoms with E-state index in [2.05, 4.69) is 15.2 Å². The Labute approximate surface area is 150 Å². The summed E-state index contributed by atoms with van der Waals surface area (Å²) in [5.41, 5.74) is 0.244. The Bertz CT molecular complexity index is 1030. The van der Waals surface area contributed by atoms with E-state index in [1.807, 2.05) is 0 Å². The minimum Gasteiger partial charge on any atom is -0.360 e. The van der Waals surface area contributed by atoms with Crippen LogP contribution in [0, 0.1) is 6.92 Å². The van der Waals surface area contributed by atoms with Gasteiger partial charge in [0.1, 0.15) is 5.76 Å². The number of rotatable bonds is 5. The van der Waals surface area contributed by atoms with E-state index in [1.54, 1.807) is 13.0 Å². The molecule has 0 saturated carbocycles. The van der Waals surface area contributed by atoms with Crippen LogP contribution >= 0.6 is 0 Å². The summed E-state index contributed by atoms with van der Waals surface area (Å²) in [7, 11) is -7.05. The number of benzene rings is 1. The smallest absolute Gasteiger partial charge is 0.256 e.